The first-order chi connectivity index (χ1) is 15.5. The molecule has 32 heavy (non-hydrogen) atoms. The molecule has 1 saturated heterocycles. The minimum atomic E-state index is -0.516. The number of carbonyl (C=O) groups excluding carboxylic acids is 1. The minimum absolute atomic E-state index is 0.0181. The van der Waals surface area contributed by atoms with Crippen LogP contribution in [0.25, 0.3) is 21.9 Å². The molecular weight excluding hydrogens is 409 g/mol. The number of rotatable bonds is 4. The molecule has 0 spiro atoms. The zero-order valence-corrected chi connectivity index (χ0v) is 17.8. The van der Waals surface area contributed by atoms with Gasteiger partial charge in [0.2, 0.25) is 0 Å². The van der Waals surface area contributed by atoms with E-state index in [4.69, 9.17) is 4.42 Å². The van der Waals surface area contributed by atoms with Crippen LogP contribution in [0.15, 0.2) is 63.9 Å². The molecule has 0 atom stereocenters. The van der Waals surface area contributed by atoms with E-state index in [2.05, 4.69) is 45.2 Å². The number of carbonyl (C=O) groups is 1. The van der Waals surface area contributed by atoms with Crippen molar-refractivity contribution in [2.24, 2.45) is 7.05 Å². The van der Waals surface area contributed by atoms with E-state index in [0.29, 0.717) is 0 Å². The first-order valence-corrected chi connectivity index (χ1v) is 10.8. The summed E-state index contributed by atoms with van der Waals surface area (Å²) in [6, 6.07) is 13.5. The van der Waals surface area contributed by atoms with Gasteiger partial charge in [-0.1, -0.05) is 6.07 Å². The van der Waals surface area contributed by atoms with E-state index < -0.39 is 17.2 Å². The molecule has 5 rings (SSSR count). The molecule has 0 saturated carbocycles. The Labute approximate surface area is 184 Å². The lowest BCUT2D eigenvalue weighted by Crippen LogP contribution is -2.44. The van der Waals surface area contributed by atoms with Gasteiger partial charge in [0.1, 0.15) is 11.4 Å². The summed E-state index contributed by atoms with van der Waals surface area (Å²) in [7, 11) is 2.05. The lowest BCUT2D eigenvalue weighted by molar-refractivity contribution is 0.0881. The Kier molecular flexibility index (Phi) is 5.27. The Morgan fingerprint density at radius 2 is 1.94 bits per heavy atom. The summed E-state index contributed by atoms with van der Waals surface area (Å²) in [6.45, 7) is 2.62. The van der Waals surface area contributed by atoms with Gasteiger partial charge < -0.3 is 14.3 Å². The third kappa shape index (κ3) is 4.03. The van der Waals surface area contributed by atoms with Gasteiger partial charge in [-0.15, -0.1) is 0 Å². The van der Waals surface area contributed by atoms with E-state index in [1.54, 1.807) is 0 Å². The molecule has 0 aliphatic carbocycles. The normalized spacial score (nSPS) is 15.4. The molecule has 1 fully saturated rings. The molecule has 164 valence electrons. The topological polar surface area (TPSA) is 67.5 Å². The van der Waals surface area contributed by atoms with E-state index in [-0.39, 0.29) is 22.8 Å². The third-order valence-electron chi connectivity index (χ3n) is 6.19. The van der Waals surface area contributed by atoms with Crippen LogP contribution in [-0.2, 0) is 13.6 Å². The van der Waals surface area contributed by atoms with Crippen molar-refractivity contribution in [3.05, 3.63) is 82.1 Å². The highest BCUT2D eigenvalue weighted by Gasteiger charge is 2.23. The predicted molar refractivity (Wildman–Crippen MR) is 121 cm³/mol. The SMILES string of the molecule is Cn1ccc2cc(CN3CCC(NC(=O)c4cc(=O)c5cc(F)ccc5o4)CC3)ccc21. The minimum Gasteiger partial charge on any atom is -0.451 e. The van der Waals surface area contributed by atoms with E-state index in [9.17, 15) is 14.0 Å². The molecule has 1 amide bonds. The molecule has 6 nitrogen and oxygen atoms in total. The molecule has 0 bridgehead atoms. The van der Waals surface area contributed by atoms with Crippen molar-refractivity contribution in [2.45, 2.75) is 25.4 Å². The first-order valence-electron chi connectivity index (χ1n) is 10.8. The zero-order chi connectivity index (χ0) is 22.2. The van der Waals surface area contributed by atoms with E-state index >= 15 is 0 Å². The number of hydrogen-bond acceptors (Lipinski definition) is 4. The van der Waals surface area contributed by atoms with E-state index in [1.807, 2.05) is 7.05 Å². The second-order valence-electron chi connectivity index (χ2n) is 8.46. The molecule has 1 aliphatic rings. The second-order valence-corrected chi connectivity index (χ2v) is 8.46. The van der Waals surface area contributed by atoms with Gasteiger partial charge >= 0.3 is 0 Å². The number of hydrogen-bond donors (Lipinski definition) is 1. The Morgan fingerprint density at radius 1 is 1.12 bits per heavy atom. The number of halogens is 1. The van der Waals surface area contributed by atoms with Crippen molar-refractivity contribution < 1.29 is 13.6 Å². The number of piperidine rings is 1. The Morgan fingerprint density at radius 3 is 2.75 bits per heavy atom. The van der Waals surface area contributed by atoms with Gasteiger partial charge in [0.05, 0.1) is 5.39 Å². The van der Waals surface area contributed by atoms with Crippen LogP contribution >= 0.6 is 0 Å². The van der Waals surface area contributed by atoms with Crippen LogP contribution in [0.3, 0.4) is 0 Å². The maximum atomic E-state index is 13.4. The third-order valence-corrected chi connectivity index (χ3v) is 6.19. The molecule has 4 aromatic rings. The van der Waals surface area contributed by atoms with Crippen molar-refractivity contribution in [3.8, 4) is 0 Å². The van der Waals surface area contributed by atoms with Crippen molar-refractivity contribution in [1.29, 1.82) is 0 Å². The number of aromatic nitrogens is 1. The first kappa shape index (κ1) is 20.5. The molecule has 2 aromatic heterocycles. The summed E-state index contributed by atoms with van der Waals surface area (Å²) in [5, 5.41) is 4.35. The van der Waals surface area contributed by atoms with Gasteiger partial charge in [-0.05, 0) is 60.2 Å². The maximum Gasteiger partial charge on any atom is 0.287 e. The average molecular weight is 433 g/mol. The number of nitrogens with one attached hydrogen (secondary N) is 1. The van der Waals surface area contributed by atoms with Gasteiger partial charge in [0.15, 0.2) is 11.2 Å². The predicted octanol–water partition coefficient (Wildman–Crippen LogP) is 3.82. The van der Waals surface area contributed by atoms with Gasteiger partial charge in [-0.25, -0.2) is 4.39 Å². The molecule has 0 radical (unpaired) electrons. The van der Waals surface area contributed by atoms with Crippen LogP contribution in [-0.4, -0.2) is 34.5 Å². The lowest BCUT2D eigenvalue weighted by atomic mass is 10.0. The molecule has 1 aliphatic heterocycles. The smallest absolute Gasteiger partial charge is 0.287 e. The zero-order valence-electron chi connectivity index (χ0n) is 17.8. The van der Waals surface area contributed by atoms with Crippen molar-refractivity contribution in [2.75, 3.05) is 13.1 Å². The number of benzene rings is 2. The molecular formula is C25H24FN3O3. The standard InChI is InChI=1S/C25H24FN3O3/c1-28-9-6-17-12-16(2-4-21(17)28)15-29-10-7-19(8-11-29)27-25(31)24-14-22(30)20-13-18(26)3-5-23(20)32-24/h2-6,9,12-14,19H,7-8,10-11,15H2,1H3,(H,27,31). The highest BCUT2D eigenvalue weighted by atomic mass is 19.1. The van der Waals surface area contributed by atoms with Crippen molar-refractivity contribution in [1.82, 2.24) is 14.8 Å². The van der Waals surface area contributed by atoms with Gasteiger partial charge in [-0.3, -0.25) is 14.5 Å². The largest absolute Gasteiger partial charge is 0.451 e. The Bertz CT molecular complexity index is 1370. The summed E-state index contributed by atoms with van der Waals surface area (Å²) in [6.07, 6.45) is 3.71. The molecule has 0 unspecified atom stereocenters. The van der Waals surface area contributed by atoms with Crippen LogP contribution in [0.5, 0.6) is 0 Å². The fourth-order valence-electron chi connectivity index (χ4n) is 4.42. The summed E-state index contributed by atoms with van der Waals surface area (Å²) >= 11 is 0. The number of nitrogens with zero attached hydrogens (tertiary/aromatic N) is 2. The van der Waals surface area contributed by atoms with Gasteiger partial charge in [0, 0.05) is 50.5 Å². The fraction of sp³-hybridized carbons (Fsp3) is 0.280. The number of amides is 1. The van der Waals surface area contributed by atoms with Crippen molar-refractivity contribution in [3.63, 3.8) is 0 Å². The summed E-state index contributed by atoms with van der Waals surface area (Å²) in [5.41, 5.74) is 2.27. The average Bonchev–Trinajstić information content (AvgIpc) is 3.15. The Hall–Kier alpha value is -3.45. The Balaban J connectivity index is 1.20. The summed E-state index contributed by atoms with van der Waals surface area (Å²) in [4.78, 5) is 27.3. The fourth-order valence-corrected chi connectivity index (χ4v) is 4.42. The number of fused-ring (bicyclic) bond motifs is 2. The monoisotopic (exact) mass is 433 g/mol. The van der Waals surface area contributed by atoms with Gasteiger partial charge in [-0.2, -0.15) is 0 Å². The second kappa shape index (κ2) is 8.24. The highest BCUT2D eigenvalue weighted by molar-refractivity contribution is 5.93. The molecule has 3 heterocycles. The van der Waals surface area contributed by atoms with Crippen LogP contribution in [0.1, 0.15) is 29.0 Å². The highest BCUT2D eigenvalue weighted by Crippen LogP contribution is 2.20. The number of aryl methyl sites for hydroxylation is 1. The van der Waals surface area contributed by atoms with E-state index in [0.717, 1.165) is 44.6 Å². The summed E-state index contributed by atoms with van der Waals surface area (Å²) in [5.74, 6) is -0.980. The number of likely N-dealkylation sites (tertiary alicyclic amines) is 1. The molecule has 2 aromatic carbocycles. The summed E-state index contributed by atoms with van der Waals surface area (Å²) < 4.78 is 21.0. The molecule has 7 heteroatoms. The lowest BCUT2D eigenvalue weighted by Gasteiger charge is -2.32. The van der Waals surface area contributed by atoms with Crippen molar-refractivity contribution >= 4 is 27.8 Å². The van der Waals surface area contributed by atoms with Crippen LogP contribution < -0.4 is 10.7 Å². The van der Waals surface area contributed by atoms with Crippen LogP contribution in [0.4, 0.5) is 4.39 Å². The van der Waals surface area contributed by atoms with Crippen LogP contribution in [0, 0.1) is 5.82 Å². The quantitative estimate of drug-likeness (QED) is 0.531. The van der Waals surface area contributed by atoms with Gasteiger partial charge in [0.25, 0.3) is 5.91 Å². The maximum absolute atomic E-state index is 13.4. The van der Waals surface area contributed by atoms with E-state index in [1.165, 1.54) is 28.6 Å². The van der Waals surface area contributed by atoms with Crippen LogP contribution in [0.2, 0.25) is 0 Å². The molecule has 1 N–H and O–H groups in total.